The number of nitrogens with zero attached hydrogens (tertiary/aromatic N) is 2. The zero-order valence-corrected chi connectivity index (χ0v) is 26.4. The number of nitrogens with one attached hydrogen (secondary N) is 2. The lowest BCUT2D eigenvalue weighted by molar-refractivity contribution is 0.00234. The maximum Gasteiger partial charge on any atom is 0.328 e. The van der Waals surface area contributed by atoms with E-state index in [1.54, 1.807) is 48.5 Å². The topological polar surface area (TPSA) is 163 Å². The number of aryl methyl sites for hydroxylation is 2. The van der Waals surface area contributed by atoms with Gasteiger partial charge in [-0.25, -0.2) is 16.8 Å². The highest BCUT2D eigenvalue weighted by atomic mass is 79.9. The molecule has 0 radical (unpaired) electrons. The first-order chi connectivity index (χ1) is 20.4. The first-order valence-corrected chi connectivity index (χ1v) is 16.6. The average molecular weight is 686 g/mol. The molecule has 4 aromatic rings. The highest BCUT2D eigenvalue weighted by Gasteiger charge is 2.19. The van der Waals surface area contributed by atoms with Crippen LogP contribution in [-0.2, 0) is 20.0 Å². The van der Waals surface area contributed by atoms with E-state index < -0.39 is 20.0 Å². The monoisotopic (exact) mass is 684 g/mol. The molecule has 0 saturated heterocycles. The molecule has 10 nitrogen and oxygen atoms in total. The molecule has 0 fully saturated rings. The minimum absolute atomic E-state index is 0.0234. The molecule has 43 heavy (non-hydrogen) atoms. The summed E-state index contributed by atoms with van der Waals surface area (Å²) in [5, 5.41) is 0.400. The number of rotatable bonds is 9. The molecule has 0 aromatic heterocycles. The van der Waals surface area contributed by atoms with Crippen LogP contribution in [0.3, 0.4) is 0 Å². The van der Waals surface area contributed by atoms with Gasteiger partial charge < -0.3 is 5.53 Å². The van der Waals surface area contributed by atoms with Crippen molar-refractivity contribution < 1.29 is 31.2 Å². The third kappa shape index (κ3) is 12.0. The third-order valence-corrected chi connectivity index (χ3v) is 8.59. The quantitative estimate of drug-likeness (QED) is 0.0635. The highest BCUT2D eigenvalue weighted by molar-refractivity contribution is 9.09. The number of Topliss-reactive ketones (excluding diaryl/α,β-unsaturated/α-hetero) is 2. The van der Waals surface area contributed by atoms with Crippen LogP contribution < -0.4 is 9.66 Å². The summed E-state index contributed by atoms with van der Waals surface area (Å²) < 4.78 is 48.2. The first-order valence-electron chi connectivity index (χ1n) is 12.5. The summed E-state index contributed by atoms with van der Waals surface area (Å²) >= 11 is 3.10. The van der Waals surface area contributed by atoms with Crippen molar-refractivity contribution >= 4 is 53.8 Å². The Hall–Kier alpha value is -4.10. The van der Waals surface area contributed by atoms with Crippen LogP contribution in [0.4, 0.5) is 0 Å². The Morgan fingerprint density at radius 3 is 1.40 bits per heavy atom. The number of hydrogen-bond donors (Lipinski definition) is 2. The fraction of sp³-hybridized carbons (Fsp3) is 0.100. The predicted molar refractivity (Wildman–Crippen MR) is 168 cm³/mol. The van der Waals surface area contributed by atoms with Crippen molar-refractivity contribution in [3.8, 4) is 0 Å². The van der Waals surface area contributed by atoms with Crippen LogP contribution in [0.1, 0.15) is 31.8 Å². The number of carbonyl (C=O) groups excluding carboxylic acids is 2. The molecule has 0 aliphatic rings. The summed E-state index contributed by atoms with van der Waals surface area (Å²) in [5.41, 5.74) is 11.1. The summed E-state index contributed by atoms with van der Waals surface area (Å²) in [7, 11) is -7.93. The fourth-order valence-corrected chi connectivity index (χ4v) is 5.52. The smallest absolute Gasteiger partial charge is 0.328 e. The predicted octanol–water partition coefficient (Wildman–Crippen LogP) is 4.91. The molecule has 0 amide bonds. The standard InChI is InChI=1S/C14H16N2O4S2.C8H7BrO.C8H6N2O/c1-11-3-7-13(8-4-11)21(17,18)15-16-22(19,20)14-9-5-12(2)6-10-14;9-6-8(10)7-4-2-1-3-5-7;9-10-6-8(11)7-4-2-1-3-5-7/h3-10,15-16H,1-2H3;1-5H,6H2;1-6H. The summed E-state index contributed by atoms with van der Waals surface area (Å²) in [6.45, 7) is 3.65. The molecule has 0 unspecified atom stereocenters. The molecular weight excluding hydrogens is 656 g/mol. The molecular formula is C30H29BrN4O6S2. The molecule has 0 spiro atoms. The minimum atomic E-state index is -3.97. The number of halogens is 1. The van der Waals surface area contributed by atoms with E-state index in [2.05, 4.69) is 20.7 Å². The second-order valence-electron chi connectivity index (χ2n) is 8.73. The lowest BCUT2D eigenvalue weighted by Crippen LogP contribution is -2.41. The van der Waals surface area contributed by atoms with Crippen LogP contribution in [0.15, 0.2) is 119 Å². The van der Waals surface area contributed by atoms with Crippen molar-refractivity contribution in [1.29, 1.82) is 0 Å². The van der Waals surface area contributed by atoms with E-state index in [0.29, 0.717) is 10.9 Å². The molecule has 0 atom stereocenters. The van der Waals surface area contributed by atoms with Gasteiger partial charge in [-0.3, -0.25) is 9.59 Å². The molecule has 0 heterocycles. The van der Waals surface area contributed by atoms with E-state index in [1.165, 1.54) is 24.3 Å². The fourth-order valence-electron chi connectivity index (χ4n) is 3.09. The molecule has 0 saturated carbocycles. The van der Waals surface area contributed by atoms with Gasteiger partial charge in [0.05, 0.1) is 15.1 Å². The van der Waals surface area contributed by atoms with Gasteiger partial charge in [-0.15, -0.1) is 9.66 Å². The maximum absolute atomic E-state index is 12.0. The first kappa shape index (κ1) is 35.1. The number of ketones is 2. The number of carbonyl (C=O) groups is 2. The van der Waals surface area contributed by atoms with E-state index >= 15 is 0 Å². The van der Waals surface area contributed by atoms with Gasteiger partial charge in [0, 0.05) is 11.1 Å². The van der Waals surface area contributed by atoms with Gasteiger partial charge in [0.15, 0.2) is 5.78 Å². The molecule has 4 aromatic carbocycles. The number of hydrazine groups is 1. The van der Waals surface area contributed by atoms with E-state index in [4.69, 9.17) is 5.53 Å². The summed E-state index contributed by atoms with van der Waals surface area (Å²) in [6.07, 6.45) is 0.870. The van der Waals surface area contributed by atoms with Crippen molar-refractivity contribution in [2.24, 2.45) is 0 Å². The molecule has 4 rings (SSSR count). The second-order valence-corrected chi connectivity index (χ2v) is 12.7. The Labute approximate surface area is 259 Å². The molecule has 2 N–H and O–H groups in total. The third-order valence-electron chi connectivity index (χ3n) is 5.42. The van der Waals surface area contributed by atoms with E-state index in [-0.39, 0.29) is 21.4 Å². The summed E-state index contributed by atoms with van der Waals surface area (Å²) in [6, 6.07) is 30.0. The van der Waals surface area contributed by atoms with Crippen LogP contribution in [0, 0.1) is 13.8 Å². The summed E-state index contributed by atoms with van der Waals surface area (Å²) in [4.78, 5) is 28.3. The second kappa shape index (κ2) is 17.1. The van der Waals surface area contributed by atoms with Gasteiger partial charge in [-0.2, -0.15) is 4.79 Å². The zero-order valence-electron chi connectivity index (χ0n) is 23.2. The SMILES string of the molecule is Cc1ccc(S(=O)(=O)NNS(=O)(=O)c2ccc(C)cc2)cc1.O=C(CBr)c1ccccc1.[N-]=[N+]=CC(=O)c1ccccc1. The van der Waals surface area contributed by atoms with Crippen molar-refractivity contribution in [3.63, 3.8) is 0 Å². The van der Waals surface area contributed by atoms with Gasteiger partial charge in [-0.05, 0) is 38.1 Å². The van der Waals surface area contributed by atoms with Crippen LogP contribution in [0.5, 0.6) is 0 Å². The number of sulfonamides is 2. The highest BCUT2D eigenvalue weighted by Crippen LogP contribution is 2.12. The van der Waals surface area contributed by atoms with Gasteiger partial charge in [-0.1, -0.05) is 112 Å². The van der Waals surface area contributed by atoms with E-state index in [9.17, 15) is 26.4 Å². The number of alkyl halides is 1. The molecule has 13 heteroatoms. The number of benzene rings is 4. The van der Waals surface area contributed by atoms with Gasteiger partial charge >= 0.3 is 6.21 Å². The van der Waals surface area contributed by atoms with Crippen molar-refractivity contribution in [2.45, 2.75) is 23.6 Å². The van der Waals surface area contributed by atoms with Crippen LogP contribution in [0.25, 0.3) is 5.53 Å². The van der Waals surface area contributed by atoms with Crippen molar-refractivity contribution in [3.05, 3.63) is 137 Å². The Bertz CT molecular complexity index is 1680. The normalized spacial score (nSPS) is 10.6. The lowest BCUT2D eigenvalue weighted by atomic mass is 10.1. The maximum atomic E-state index is 12.0. The Morgan fingerprint density at radius 2 is 1.05 bits per heavy atom. The lowest BCUT2D eigenvalue weighted by Gasteiger charge is -2.09. The minimum Gasteiger partial charge on any atom is -0.361 e. The van der Waals surface area contributed by atoms with E-state index in [1.807, 2.05) is 59.9 Å². The molecule has 224 valence electrons. The van der Waals surface area contributed by atoms with Gasteiger partial charge in [0.1, 0.15) is 0 Å². The van der Waals surface area contributed by atoms with Gasteiger partial charge in [0.2, 0.25) is 0 Å². The van der Waals surface area contributed by atoms with Crippen LogP contribution in [-0.4, -0.2) is 44.7 Å². The van der Waals surface area contributed by atoms with E-state index in [0.717, 1.165) is 22.9 Å². The van der Waals surface area contributed by atoms with Crippen LogP contribution >= 0.6 is 15.9 Å². The summed E-state index contributed by atoms with van der Waals surface area (Å²) in [5.74, 6) is -0.172. The molecule has 0 aliphatic carbocycles. The molecule has 0 bridgehead atoms. The Morgan fingerprint density at radius 1 is 0.674 bits per heavy atom. The van der Waals surface area contributed by atoms with Crippen molar-refractivity contribution in [1.82, 2.24) is 9.66 Å². The Balaban J connectivity index is 0.000000255. The zero-order chi connectivity index (χ0) is 31.9. The van der Waals surface area contributed by atoms with Crippen molar-refractivity contribution in [2.75, 3.05) is 5.33 Å². The Kier molecular flexibility index (Phi) is 14.0. The molecule has 0 aliphatic heterocycles. The van der Waals surface area contributed by atoms with Crippen LogP contribution in [0.2, 0.25) is 0 Å². The average Bonchev–Trinajstić information content (AvgIpc) is 3.02. The van der Waals surface area contributed by atoms with Gasteiger partial charge in [0.25, 0.3) is 25.8 Å². The largest absolute Gasteiger partial charge is 0.361 e. The number of hydrogen-bond acceptors (Lipinski definition) is 6.